The number of halogens is 10. The van der Waals surface area contributed by atoms with E-state index >= 15 is 0 Å². The fraction of sp³-hybridized carbons (Fsp3) is 0.419. The van der Waals surface area contributed by atoms with Crippen LogP contribution < -0.4 is 0 Å². The molecule has 282 valence electrons. The zero-order chi connectivity index (χ0) is 38.8. The van der Waals surface area contributed by atoms with E-state index < -0.39 is 36.4 Å². The van der Waals surface area contributed by atoms with Gasteiger partial charge in [0.2, 0.25) is 0 Å². The molecule has 0 radical (unpaired) electrons. The molecule has 2 aromatic carbocycles. The Morgan fingerprint density at radius 3 is 1.59 bits per heavy atom. The lowest BCUT2D eigenvalue weighted by Crippen LogP contribution is -2.57. The van der Waals surface area contributed by atoms with Crippen molar-refractivity contribution in [3.63, 3.8) is 0 Å². The number of aliphatic carboxylic acids is 3. The molecule has 0 unspecified atom stereocenters. The van der Waals surface area contributed by atoms with Crippen LogP contribution in [-0.2, 0) is 33.0 Å². The maximum absolute atomic E-state index is 13.2. The van der Waals surface area contributed by atoms with Gasteiger partial charge < -0.3 is 19.9 Å². The Balaban J connectivity index is 0.000000352. The Morgan fingerprint density at radius 2 is 1.18 bits per heavy atom. The number of rotatable bonds is 4. The van der Waals surface area contributed by atoms with Gasteiger partial charge in [-0.05, 0) is 42.6 Å². The molecule has 1 spiro atoms. The summed E-state index contributed by atoms with van der Waals surface area (Å²) in [4.78, 5) is 36.8. The van der Waals surface area contributed by atoms with Gasteiger partial charge in [-0.15, -0.1) is 0 Å². The third-order valence-electron chi connectivity index (χ3n) is 7.65. The number of likely N-dealkylation sites (tertiary alicyclic amines) is 1. The van der Waals surface area contributed by atoms with Gasteiger partial charge >= 0.3 is 36.4 Å². The van der Waals surface area contributed by atoms with Crippen LogP contribution in [0.3, 0.4) is 0 Å². The number of piperidine rings is 1. The summed E-state index contributed by atoms with van der Waals surface area (Å²) in [6, 6.07) is 17.5. The van der Waals surface area contributed by atoms with Crippen LogP contribution in [0, 0.1) is 5.82 Å². The highest BCUT2D eigenvalue weighted by Gasteiger charge is 2.46. The van der Waals surface area contributed by atoms with Crippen molar-refractivity contribution in [3.05, 3.63) is 78.0 Å². The number of carboxylic acids is 3. The molecule has 0 saturated carbocycles. The summed E-state index contributed by atoms with van der Waals surface area (Å²) in [6.07, 6.45) is -11.0. The van der Waals surface area contributed by atoms with Gasteiger partial charge in [0.25, 0.3) is 0 Å². The van der Waals surface area contributed by atoms with Crippen LogP contribution in [0.15, 0.2) is 60.8 Å². The Morgan fingerprint density at radius 1 is 0.725 bits per heavy atom. The maximum atomic E-state index is 13.2. The summed E-state index contributed by atoms with van der Waals surface area (Å²) in [5.41, 5.74) is 3.66. The van der Waals surface area contributed by atoms with Crippen LogP contribution in [0.4, 0.5) is 43.9 Å². The molecule has 2 aliphatic heterocycles. The zero-order valence-electron chi connectivity index (χ0n) is 26.6. The molecule has 0 aliphatic carbocycles. The first-order chi connectivity index (χ1) is 23.5. The second kappa shape index (κ2) is 17.5. The second-order valence-electron chi connectivity index (χ2n) is 10.9. The quantitative estimate of drug-likeness (QED) is 0.259. The third kappa shape index (κ3) is 12.2. The van der Waals surface area contributed by atoms with Crippen molar-refractivity contribution in [2.24, 2.45) is 0 Å². The van der Waals surface area contributed by atoms with Crippen LogP contribution in [0.25, 0.3) is 11.3 Å². The lowest BCUT2D eigenvalue weighted by molar-refractivity contribution is -0.193. The van der Waals surface area contributed by atoms with Gasteiger partial charge in [0, 0.05) is 32.7 Å². The molecule has 3 N–H and O–H groups in total. The molecule has 2 aliphatic rings. The fourth-order valence-electron chi connectivity index (χ4n) is 5.32. The van der Waals surface area contributed by atoms with Gasteiger partial charge in [-0.1, -0.05) is 49.4 Å². The topological polar surface area (TPSA) is 136 Å². The second-order valence-corrected chi connectivity index (χ2v) is 10.9. The molecule has 1 aromatic heterocycles. The van der Waals surface area contributed by atoms with Crippen molar-refractivity contribution >= 4 is 17.9 Å². The van der Waals surface area contributed by atoms with Gasteiger partial charge in [-0.25, -0.2) is 23.8 Å². The summed E-state index contributed by atoms with van der Waals surface area (Å²) < 4.78 is 111. The summed E-state index contributed by atoms with van der Waals surface area (Å²) >= 11 is 0. The molecule has 0 atom stereocenters. The normalized spacial score (nSPS) is 15.9. The molecule has 0 amide bonds. The monoisotopic (exact) mass is 746 g/mol. The number of carboxylic acid groups (broad SMARTS) is 3. The van der Waals surface area contributed by atoms with E-state index in [2.05, 4.69) is 57.8 Å². The van der Waals surface area contributed by atoms with Crippen molar-refractivity contribution in [1.29, 1.82) is 0 Å². The molecular weight excluding hydrogens is 714 g/mol. The minimum atomic E-state index is -5.08. The minimum absolute atomic E-state index is 0.0132. The predicted molar refractivity (Wildman–Crippen MR) is 159 cm³/mol. The number of nitrogens with zero attached hydrogens (tertiary/aromatic N) is 4. The highest BCUT2D eigenvalue weighted by Crippen LogP contribution is 2.42. The molecular formula is C31H32F10N4O6. The van der Waals surface area contributed by atoms with E-state index in [4.69, 9.17) is 34.7 Å². The summed E-state index contributed by atoms with van der Waals surface area (Å²) in [6.45, 7) is 8.32. The SMILES string of the molecule is CCN1CCn2c(-c3ccccc3)cnc2C12CCN(Cc1ccc(F)cc1)CC2.O=C(O)C(F)(F)F.O=C(O)C(F)(F)F.O=C(O)C(F)(F)F. The van der Waals surface area contributed by atoms with Crippen LogP contribution in [0.5, 0.6) is 0 Å². The van der Waals surface area contributed by atoms with Crippen molar-refractivity contribution in [2.45, 2.75) is 56.9 Å². The largest absolute Gasteiger partial charge is 0.490 e. The lowest BCUT2D eigenvalue weighted by Gasteiger charge is -2.51. The molecule has 10 nitrogen and oxygen atoms in total. The van der Waals surface area contributed by atoms with Gasteiger partial charge in [0.05, 0.1) is 17.4 Å². The number of carbonyl (C=O) groups is 3. The van der Waals surface area contributed by atoms with Crippen LogP contribution in [0.2, 0.25) is 0 Å². The highest BCUT2D eigenvalue weighted by molar-refractivity contribution is 5.73. The van der Waals surface area contributed by atoms with Crippen LogP contribution in [-0.4, -0.2) is 97.3 Å². The van der Waals surface area contributed by atoms with Crippen molar-refractivity contribution < 1.29 is 73.6 Å². The smallest absolute Gasteiger partial charge is 0.475 e. The van der Waals surface area contributed by atoms with E-state index in [1.807, 2.05) is 12.1 Å². The average molecular weight is 747 g/mol. The van der Waals surface area contributed by atoms with Gasteiger partial charge in [0.15, 0.2) is 0 Å². The first-order valence-corrected chi connectivity index (χ1v) is 14.8. The van der Waals surface area contributed by atoms with E-state index in [1.54, 1.807) is 12.1 Å². The fourth-order valence-corrected chi connectivity index (χ4v) is 5.32. The Bertz CT molecular complexity index is 1530. The van der Waals surface area contributed by atoms with Gasteiger partial charge in [-0.3, -0.25) is 9.80 Å². The number of benzene rings is 2. The number of likely N-dealkylation sites (N-methyl/N-ethyl adjacent to an activating group) is 1. The maximum Gasteiger partial charge on any atom is 0.490 e. The number of aromatic nitrogens is 2. The zero-order valence-corrected chi connectivity index (χ0v) is 26.6. The molecule has 3 aromatic rings. The molecule has 20 heteroatoms. The summed E-state index contributed by atoms with van der Waals surface area (Å²) in [5.74, 6) is -7.21. The molecule has 1 saturated heterocycles. The number of hydrogen-bond acceptors (Lipinski definition) is 6. The number of imidazole rings is 1. The molecule has 1 fully saturated rings. The molecule has 5 rings (SSSR count). The predicted octanol–water partition coefficient (Wildman–Crippen LogP) is 6.42. The molecule has 0 bridgehead atoms. The van der Waals surface area contributed by atoms with E-state index in [9.17, 15) is 43.9 Å². The van der Waals surface area contributed by atoms with Gasteiger partial charge in [0.1, 0.15) is 11.6 Å². The van der Waals surface area contributed by atoms with E-state index in [1.165, 1.54) is 22.6 Å². The van der Waals surface area contributed by atoms with E-state index in [0.717, 1.165) is 52.1 Å². The third-order valence-corrected chi connectivity index (χ3v) is 7.65. The first kappa shape index (κ1) is 42.4. The van der Waals surface area contributed by atoms with Crippen LogP contribution in [0.1, 0.15) is 31.2 Å². The van der Waals surface area contributed by atoms with Crippen molar-refractivity contribution in [1.82, 2.24) is 19.4 Å². The van der Waals surface area contributed by atoms with Crippen LogP contribution >= 0.6 is 0 Å². The number of hydrogen-bond donors (Lipinski definition) is 3. The lowest BCUT2D eigenvalue weighted by atomic mass is 9.83. The first-order valence-electron chi connectivity index (χ1n) is 14.8. The van der Waals surface area contributed by atoms with E-state index in [-0.39, 0.29) is 11.4 Å². The Labute approximate surface area is 283 Å². The Hall–Kier alpha value is -4.72. The highest BCUT2D eigenvalue weighted by atomic mass is 19.4. The van der Waals surface area contributed by atoms with Gasteiger partial charge in [-0.2, -0.15) is 39.5 Å². The molecule has 3 heterocycles. The van der Waals surface area contributed by atoms with Crippen molar-refractivity contribution in [3.8, 4) is 11.3 Å². The van der Waals surface area contributed by atoms with Crippen molar-refractivity contribution in [2.75, 3.05) is 26.2 Å². The number of fused-ring (bicyclic) bond motifs is 2. The van der Waals surface area contributed by atoms with E-state index in [0.29, 0.717) is 0 Å². The number of alkyl halides is 9. The Kier molecular flexibility index (Phi) is 14.5. The standard InChI is InChI=1S/C25H29FN4.3C2HF3O2/c1-2-29-16-17-30-23(21-6-4-3-5-7-21)18-27-24(30)25(29)12-14-28(15-13-25)19-20-8-10-22(26)11-9-20;3*3-2(4,5)1(6)7/h3-11,18H,2,12-17,19H2,1H3;3*(H,6,7). The summed E-state index contributed by atoms with van der Waals surface area (Å²) in [7, 11) is 0. The minimum Gasteiger partial charge on any atom is -0.475 e. The molecule has 51 heavy (non-hydrogen) atoms. The average Bonchev–Trinajstić information content (AvgIpc) is 3.49. The summed E-state index contributed by atoms with van der Waals surface area (Å²) in [5, 5.41) is 21.4.